The number of ether oxygens (including phenoxy) is 2. The van der Waals surface area contributed by atoms with E-state index in [0.717, 1.165) is 40.5 Å². The summed E-state index contributed by atoms with van der Waals surface area (Å²) in [6.07, 6.45) is 1.81. The van der Waals surface area contributed by atoms with Crippen molar-refractivity contribution in [3.05, 3.63) is 66.4 Å². The Bertz CT molecular complexity index is 942. The molecule has 3 rings (SSSR count). The molecule has 1 unspecified atom stereocenters. The van der Waals surface area contributed by atoms with Gasteiger partial charge in [-0.05, 0) is 55.8 Å². The topological polar surface area (TPSA) is 67.8 Å². The second-order valence-corrected chi connectivity index (χ2v) is 6.67. The quantitative estimate of drug-likeness (QED) is 0.262. The zero-order valence-electron chi connectivity index (χ0n) is 17.6. The van der Waals surface area contributed by atoms with Crippen LogP contribution in [0, 0.1) is 0 Å². The van der Waals surface area contributed by atoms with E-state index in [1.54, 1.807) is 7.11 Å². The molecule has 2 N–H and O–H groups in total. The number of para-hydroxylation sites is 1. The van der Waals surface area contributed by atoms with Gasteiger partial charge in [0.15, 0.2) is 5.96 Å². The number of rotatable bonds is 8. The van der Waals surface area contributed by atoms with Crippen molar-refractivity contribution in [2.45, 2.75) is 26.5 Å². The highest BCUT2D eigenvalue weighted by atomic mass is 127. The van der Waals surface area contributed by atoms with Gasteiger partial charge in [0.1, 0.15) is 17.6 Å². The number of fused-ring (bicyclic) bond motifs is 1. The van der Waals surface area contributed by atoms with E-state index in [-0.39, 0.29) is 30.1 Å². The highest BCUT2D eigenvalue weighted by Crippen LogP contribution is 2.18. The van der Waals surface area contributed by atoms with Crippen molar-refractivity contribution in [1.29, 1.82) is 0 Å². The number of methoxy groups -OCH3 is 1. The van der Waals surface area contributed by atoms with Crippen molar-refractivity contribution in [1.82, 2.24) is 15.6 Å². The van der Waals surface area contributed by atoms with E-state index in [0.29, 0.717) is 13.1 Å². The molecule has 0 fully saturated rings. The standard InChI is InChI=1S/C23H28N4O2.HI/c1-4-24-23(26-15-17(2)29-20-11-9-19(28-3)10-12-20)27-16-18-13-14-25-22-8-6-5-7-21(18)22;/h5-14,17H,4,15-16H2,1-3H3,(H2,24,26,27);1H. The summed E-state index contributed by atoms with van der Waals surface area (Å²) >= 11 is 0. The molecule has 3 aromatic rings. The van der Waals surface area contributed by atoms with Crippen molar-refractivity contribution >= 4 is 40.8 Å². The number of pyridine rings is 1. The Balaban J connectivity index is 0.00000320. The first-order valence-electron chi connectivity index (χ1n) is 9.85. The fraction of sp³-hybridized carbons (Fsp3) is 0.304. The van der Waals surface area contributed by atoms with Crippen LogP contribution in [0.15, 0.2) is 65.8 Å². The zero-order valence-corrected chi connectivity index (χ0v) is 19.9. The summed E-state index contributed by atoms with van der Waals surface area (Å²) in [6.45, 7) is 6.07. The number of guanidine groups is 1. The largest absolute Gasteiger partial charge is 0.497 e. The molecule has 6 nitrogen and oxygen atoms in total. The van der Waals surface area contributed by atoms with Crippen LogP contribution in [0.1, 0.15) is 19.4 Å². The molecule has 0 spiro atoms. The van der Waals surface area contributed by atoms with Crippen molar-refractivity contribution in [2.24, 2.45) is 4.99 Å². The third-order valence-corrected chi connectivity index (χ3v) is 4.44. The second kappa shape index (κ2) is 12.2. The minimum Gasteiger partial charge on any atom is -0.497 e. The number of nitrogens with zero attached hydrogens (tertiary/aromatic N) is 2. The monoisotopic (exact) mass is 520 g/mol. The Morgan fingerprint density at radius 2 is 1.77 bits per heavy atom. The van der Waals surface area contributed by atoms with Gasteiger partial charge in [-0.25, -0.2) is 4.99 Å². The molecule has 7 heteroatoms. The van der Waals surface area contributed by atoms with E-state index in [9.17, 15) is 0 Å². The molecule has 30 heavy (non-hydrogen) atoms. The van der Waals surface area contributed by atoms with E-state index in [4.69, 9.17) is 14.5 Å². The smallest absolute Gasteiger partial charge is 0.191 e. The fourth-order valence-corrected chi connectivity index (χ4v) is 2.97. The van der Waals surface area contributed by atoms with Crippen molar-refractivity contribution in [3.8, 4) is 11.5 Å². The van der Waals surface area contributed by atoms with E-state index >= 15 is 0 Å². The van der Waals surface area contributed by atoms with Crippen LogP contribution in [0.25, 0.3) is 10.9 Å². The van der Waals surface area contributed by atoms with Crippen LogP contribution in [-0.4, -0.2) is 37.2 Å². The lowest BCUT2D eigenvalue weighted by atomic mass is 10.1. The highest BCUT2D eigenvalue weighted by Gasteiger charge is 2.07. The number of benzene rings is 2. The second-order valence-electron chi connectivity index (χ2n) is 6.67. The lowest BCUT2D eigenvalue weighted by molar-refractivity contribution is 0.223. The Morgan fingerprint density at radius 1 is 1.03 bits per heavy atom. The maximum atomic E-state index is 5.95. The van der Waals surface area contributed by atoms with E-state index < -0.39 is 0 Å². The number of nitrogens with one attached hydrogen (secondary N) is 2. The van der Waals surface area contributed by atoms with Gasteiger partial charge in [-0.1, -0.05) is 18.2 Å². The average Bonchev–Trinajstić information content (AvgIpc) is 2.76. The SMILES string of the molecule is CCNC(=NCc1ccnc2ccccc12)NCC(C)Oc1ccc(OC)cc1.I. The fourth-order valence-electron chi connectivity index (χ4n) is 2.97. The number of aromatic nitrogens is 1. The number of aliphatic imine (C=N–C) groups is 1. The Morgan fingerprint density at radius 3 is 2.50 bits per heavy atom. The predicted molar refractivity (Wildman–Crippen MR) is 133 cm³/mol. The lowest BCUT2D eigenvalue weighted by Crippen LogP contribution is -2.41. The summed E-state index contributed by atoms with van der Waals surface area (Å²) in [7, 11) is 1.65. The van der Waals surface area contributed by atoms with Crippen molar-refractivity contribution in [2.75, 3.05) is 20.2 Å². The summed E-state index contributed by atoms with van der Waals surface area (Å²) in [4.78, 5) is 9.14. The van der Waals surface area contributed by atoms with Gasteiger partial charge in [0.05, 0.1) is 25.7 Å². The Labute approximate surface area is 195 Å². The van der Waals surface area contributed by atoms with Gasteiger partial charge in [0.2, 0.25) is 0 Å². The summed E-state index contributed by atoms with van der Waals surface area (Å²) in [5, 5.41) is 7.77. The van der Waals surface area contributed by atoms with Crippen LogP contribution in [0.4, 0.5) is 0 Å². The number of halogens is 1. The average molecular weight is 520 g/mol. The van der Waals surface area contributed by atoms with Gasteiger partial charge in [-0.15, -0.1) is 24.0 Å². The molecule has 0 aliphatic heterocycles. The van der Waals surface area contributed by atoms with Gasteiger partial charge in [-0.2, -0.15) is 0 Å². The number of hydrogen-bond donors (Lipinski definition) is 2. The molecule has 160 valence electrons. The van der Waals surface area contributed by atoms with Crippen molar-refractivity contribution < 1.29 is 9.47 Å². The van der Waals surface area contributed by atoms with Crippen molar-refractivity contribution in [3.63, 3.8) is 0 Å². The van der Waals surface area contributed by atoms with Gasteiger partial charge in [-0.3, -0.25) is 4.98 Å². The van der Waals surface area contributed by atoms with Gasteiger partial charge in [0, 0.05) is 18.1 Å². The van der Waals surface area contributed by atoms with Gasteiger partial charge >= 0.3 is 0 Å². The third kappa shape index (κ3) is 6.76. The molecule has 1 heterocycles. The van der Waals surface area contributed by atoms with E-state index in [1.807, 2.05) is 61.7 Å². The van der Waals surface area contributed by atoms with Gasteiger partial charge in [0.25, 0.3) is 0 Å². The number of hydrogen-bond acceptors (Lipinski definition) is 4. The predicted octanol–water partition coefficient (Wildman–Crippen LogP) is 4.38. The first kappa shape index (κ1) is 23.7. The van der Waals surface area contributed by atoms with Crippen LogP contribution in [0.2, 0.25) is 0 Å². The molecule has 1 aromatic heterocycles. The molecule has 0 aliphatic rings. The van der Waals surface area contributed by atoms with Crippen LogP contribution in [0.5, 0.6) is 11.5 Å². The normalized spacial score (nSPS) is 12.0. The van der Waals surface area contributed by atoms with Crippen LogP contribution < -0.4 is 20.1 Å². The zero-order chi connectivity index (χ0) is 20.5. The maximum Gasteiger partial charge on any atom is 0.191 e. The van der Waals surface area contributed by atoms with Crippen LogP contribution in [-0.2, 0) is 6.54 Å². The molecular weight excluding hydrogens is 491 g/mol. The molecule has 0 aliphatic carbocycles. The first-order valence-corrected chi connectivity index (χ1v) is 9.85. The van der Waals surface area contributed by atoms with Crippen LogP contribution in [0.3, 0.4) is 0 Å². The third-order valence-electron chi connectivity index (χ3n) is 4.44. The lowest BCUT2D eigenvalue weighted by Gasteiger charge is -2.18. The minimum absolute atomic E-state index is 0. The molecule has 0 saturated heterocycles. The molecule has 0 bridgehead atoms. The highest BCUT2D eigenvalue weighted by molar-refractivity contribution is 14.0. The summed E-state index contributed by atoms with van der Waals surface area (Å²) in [6, 6.07) is 17.7. The molecule has 1 atom stereocenters. The molecule has 0 saturated carbocycles. The summed E-state index contributed by atoms with van der Waals surface area (Å²) in [5.41, 5.74) is 2.13. The first-order chi connectivity index (χ1) is 14.2. The minimum atomic E-state index is -0.0194. The Kier molecular flexibility index (Phi) is 9.66. The van der Waals surface area contributed by atoms with E-state index in [1.165, 1.54) is 0 Å². The van der Waals surface area contributed by atoms with Crippen LogP contribution >= 0.6 is 24.0 Å². The summed E-state index contributed by atoms with van der Waals surface area (Å²) in [5.74, 6) is 2.39. The van der Waals surface area contributed by atoms with E-state index in [2.05, 4.69) is 28.6 Å². The molecular formula is C23H29IN4O2. The molecule has 2 aromatic carbocycles. The Hall–Kier alpha value is -2.55. The molecule has 0 radical (unpaired) electrons. The molecule has 0 amide bonds. The van der Waals surface area contributed by atoms with Gasteiger partial charge < -0.3 is 20.1 Å². The summed E-state index contributed by atoms with van der Waals surface area (Å²) < 4.78 is 11.1. The maximum absolute atomic E-state index is 5.95.